The summed E-state index contributed by atoms with van der Waals surface area (Å²) in [5.41, 5.74) is 2.47. The fraction of sp³-hybridized carbons (Fsp3) is 0.359. The number of hydrogen-bond donors (Lipinski definition) is 3. The molecule has 3 N–H and O–H groups in total. The van der Waals surface area contributed by atoms with Crippen LogP contribution in [0.1, 0.15) is 40.3 Å². The van der Waals surface area contributed by atoms with Crippen LogP contribution in [0.5, 0.6) is 0 Å². The van der Waals surface area contributed by atoms with Crippen molar-refractivity contribution in [1.29, 1.82) is 0 Å². The maximum atomic E-state index is 13.6. The molecule has 6 heterocycles. The number of hydrogen-bond acceptors (Lipinski definition) is 12. The van der Waals surface area contributed by atoms with E-state index in [2.05, 4.69) is 49.5 Å². The van der Waals surface area contributed by atoms with E-state index in [1.54, 1.807) is 6.07 Å². The van der Waals surface area contributed by atoms with E-state index in [1.165, 1.54) is 34.4 Å². The van der Waals surface area contributed by atoms with Crippen LogP contribution in [0, 0.1) is 19.3 Å². The van der Waals surface area contributed by atoms with Crippen molar-refractivity contribution in [2.24, 2.45) is 5.41 Å². The van der Waals surface area contributed by atoms with E-state index in [9.17, 15) is 19.2 Å². The summed E-state index contributed by atoms with van der Waals surface area (Å²) in [5, 5.41) is 7.15. The molecule has 0 radical (unpaired) electrons. The molecule has 0 unspecified atom stereocenters. The van der Waals surface area contributed by atoms with Crippen LogP contribution in [0.3, 0.4) is 0 Å². The molecule has 0 atom stereocenters. The molecule has 2 aromatic carbocycles. The number of aromatic amines is 1. The summed E-state index contributed by atoms with van der Waals surface area (Å²) in [7, 11) is 0. The summed E-state index contributed by atoms with van der Waals surface area (Å²) in [6, 6.07) is 16.6. The van der Waals surface area contributed by atoms with Crippen LogP contribution in [0.15, 0.2) is 76.6 Å². The quantitative estimate of drug-likeness (QED) is 0.0861. The molecular weight excluding hydrogens is 881 g/mol. The van der Waals surface area contributed by atoms with Gasteiger partial charge < -0.3 is 5.32 Å². The molecule has 0 saturated carbocycles. The number of carbonyl (C=O) groups excluding carboxylic acids is 2. The molecule has 57 heavy (non-hydrogen) atoms. The number of anilines is 5. The van der Waals surface area contributed by atoms with Gasteiger partial charge in [0.25, 0.3) is 5.56 Å². The Morgan fingerprint density at radius 2 is 1.65 bits per heavy atom. The molecule has 1 spiro atoms. The molecule has 18 heteroatoms. The third kappa shape index (κ3) is 8.85. The van der Waals surface area contributed by atoms with Crippen molar-refractivity contribution < 1.29 is 31.1 Å². The van der Waals surface area contributed by atoms with Crippen molar-refractivity contribution in [2.45, 2.75) is 33.1 Å². The van der Waals surface area contributed by atoms with Gasteiger partial charge >= 0.3 is 261 Å². The first kappa shape index (κ1) is 39.0. The molecule has 0 aliphatic carbocycles. The van der Waals surface area contributed by atoms with Crippen molar-refractivity contribution in [3.63, 3.8) is 0 Å². The van der Waals surface area contributed by atoms with Gasteiger partial charge in [0.2, 0.25) is 0 Å². The van der Waals surface area contributed by atoms with Gasteiger partial charge in [-0.3, -0.25) is 14.6 Å². The van der Waals surface area contributed by atoms with Crippen molar-refractivity contribution in [2.75, 3.05) is 72.8 Å². The zero-order chi connectivity index (χ0) is 39.7. The number of aryl methyl sites for hydroxylation is 2. The van der Waals surface area contributed by atoms with Gasteiger partial charge in [-0.2, -0.15) is 0 Å². The predicted molar refractivity (Wildman–Crippen MR) is 218 cm³/mol. The summed E-state index contributed by atoms with van der Waals surface area (Å²) in [5.74, 6) is 1.73. The Kier molecular flexibility index (Phi) is 11.3. The normalized spacial score (nSPS) is 17.0. The van der Waals surface area contributed by atoms with Crippen LogP contribution in [-0.2, 0) is 0 Å². The molecule has 15 nitrogen and oxygen atoms in total. The van der Waals surface area contributed by atoms with E-state index in [1.807, 2.05) is 50.2 Å². The first-order chi connectivity index (χ1) is 27.5. The third-order valence-corrected chi connectivity index (χ3v) is 14.8. The second-order valence-corrected chi connectivity index (χ2v) is 18.8. The number of halogens is 2. The van der Waals surface area contributed by atoms with E-state index in [0.29, 0.717) is 42.0 Å². The Bertz CT molecular complexity index is 2400. The van der Waals surface area contributed by atoms with E-state index in [4.69, 9.17) is 16.6 Å². The molecule has 3 aliphatic rings. The fourth-order valence-electron chi connectivity index (χ4n) is 7.63. The van der Waals surface area contributed by atoms with Gasteiger partial charge in [0.05, 0.1) is 10.7 Å². The van der Waals surface area contributed by atoms with Gasteiger partial charge in [-0.25, -0.2) is 4.79 Å². The molecule has 3 aromatic heterocycles. The van der Waals surface area contributed by atoms with Crippen molar-refractivity contribution in [3.05, 3.63) is 109 Å². The molecule has 298 valence electrons. The second kappa shape index (κ2) is 16.6. The molecule has 8 rings (SSSR count). The minimum atomic E-state index is -0.807. The zero-order valence-corrected chi connectivity index (χ0v) is 35.2. The molecule has 0 bridgehead atoms. The predicted octanol–water partition coefficient (Wildman–Crippen LogP) is 2.28. The van der Waals surface area contributed by atoms with E-state index in [0.717, 1.165) is 88.7 Å². The molecule has 5 aromatic rings. The number of H-pyrrole nitrogens is 1. The van der Waals surface area contributed by atoms with Crippen LogP contribution in [0.2, 0.25) is 5.02 Å². The SMILES string of the molecule is Cc1nc(Nc2ncc(C(=O)Nc3c(C)cccc3Cl)s2)cc(N2CCN([I-]C(=O)N3CCC4(CCN(c5cccc(-n6ccc(=O)[nH]c6=O)c5)CC4)C3)CC2)n1. The van der Waals surface area contributed by atoms with Gasteiger partial charge in [0.15, 0.2) is 0 Å². The summed E-state index contributed by atoms with van der Waals surface area (Å²) in [6.45, 7) is 10.2. The number of amides is 2. The first-order valence-electron chi connectivity index (χ1n) is 18.8. The maximum absolute atomic E-state index is 13.6. The van der Waals surface area contributed by atoms with Crippen molar-refractivity contribution in [3.8, 4) is 5.69 Å². The van der Waals surface area contributed by atoms with Crippen LogP contribution >= 0.6 is 22.9 Å². The number of rotatable bonds is 9. The summed E-state index contributed by atoms with van der Waals surface area (Å²) in [4.78, 5) is 73.6. The van der Waals surface area contributed by atoms with Gasteiger partial charge in [-0.15, -0.1) is 0 Å². The van der Waals surface area contributed by atoms with Crippen LogP contribution < -0.4 is 53.2 Å². The molecule has 3 aliphatic heterocycles. The molecule has 3 saturated heterocycles. The number of benzene rings is 2. The topological polar surface area (TPSA) is 165 Å². The van der Waals surface area contributed by atoms with Crippen LogP contribution in [0.4, 0.5) is 32.9 Å². The first-order valence-corrected chi connectivity index (χ1v) is 22.0. The number of para-hydroxylation sites is 1. The van der Waals surface area contributed by atoms with Gasteiger partial charge in [-0.05, 0) is 18.6 Å². The van der Waals surface area contributed by atoms with Gasteiger partial charge in [0.1, 0.15) is 0 Å². The van der Waals surface area contributed by atoms with Crippen LogP contribution in [0.25, 0.3) is 5.69 Å². The molecular formula is C39H42ClIN11O4S-. The van der Waals surface area contributed by atoms with Crippen molar-refractivity contribution >= 4 is 60.9 Å². The number of piperidine rings is 1. The summed E-state index contributed by atoms with van der Waals surface area (Å²) >= 11 is 6.72. The average molecular weight is 923 g/mol. The number of carbonyl (C=O) groups is 2. The Morgan fingerprint density at radius 1 is 0.895 bits per heavy atom. The Labute approximate surface area is 348 Å². The number of likely N-dealkylation sites (tertiary alicyclic amines) is 1. The number of nitrogens with one attached hydrogen (secondary N) is 3. The number of nitrogens with zero attached hydrogens (tertiary/aromatic N) is 8. The van der Waals surface area contributed by atoms with Crippen molar-refractivity contribution in [1.82, 2.24) is 32.5 Å². The number of piperazine rings is 1. The average Bonchev–Trinajstić information content (AvgIpc) is 3.84. The van der Waals surface area contributed by atoms with Gasteiger partial charge in [0, 0.05) is 6.07 Å². The summed E-state index contributed by atoms with van der Waals surface area (Å²) < 4.78 is 4.08. The second-order valence-electron chi connectivity index (χ2n) is 14.6. The fourth-order valence-corrected chi connectivity index (χ4v) is 10.8. The summed E-state index contributed by atoms with van der Waals surface area (Å²) in [6.07, 6.45) is 6.08. The molecule has 3 fully saturated rings. The zero-order valence-electron chi connectivity index (χ0n) is 31.5. The Morgan fingerprint density at radius 3 is 2.42 bits per heavy atom. The van der Waals surface area contributed by atoms with E-state index >= 15 is 0 Å². The Balaban J connectivity index is 0.810. The monoisotopic (exact) mass is 922 g/mol. The van der Waals surface area contributed by atoms with Crippen LogP contribution in [-0.4, -0.2) is 94.7 Å². The third-order valence-electron chi connectivity index (χ3n) is 10.8. The van der Waals surface area contributed by atoms with E-state index < -0.39 is 32.7 Å². The molecule has 2 amide bonds. The van der Waals surface area contributed by atoms with Gasteiger partial charge in [-0.1, -0.05) is 23.7 Å². The minimum absolute atomic E-state index is 0.140. The number of aromatic nitrogens is 5. The standard InChI is InChI=1S/C39H42ClIN11O4S/c1-25-5-3-8-29(40)34(25)47-35(54)30-23-42-37(57-30)45-31-22-32(44-26(2)43-31)49-17-19-51(20-18-49)41-36(55)50-16-12-39(24-50)10-14-48(15-11-39)27-6-4-7-28(21-27)52-13-9-33(53)46-38(52)56/h3-9,13,21-23H,10-12,14-20,24H2,1-2H3,(H,47,54)(H,46,53,56)(H,42,43,44,45)/q-1. The van der Waals surface area contributed by atoms with E-state index in [-0.39, 0.29) is 11.3 Å². The Hall–Kier alpha value is -4.85. The number of thiazole rings is 1.